The van der Waals surface area contributed by atoms with Gasteiger partial charge in [-0.05, 0) is 11.5 Å². The number of rotatable bonds is 0. The molecule has 0 atom stereocenters. The van der Waals surface area contributed by atoms with E-state index in [9.17, 15) is 0 Å². The van der Waals surface area contributed by atoms with Gasteiger partial charge in [0.05, 0.1) is 0 Å². The average molecular weight is 198 g/mol. The van der Waals surface area contributed by atoms with E-state index in [1.165, 1.54) is 10.5 Å². The van der Waals surface area contributed by atoms with Crippen LogP contribution in [-0.2, 0) is 0 Å². The normalized spacial score (nSPS) is 13.0. The molecule has 0 N–H and O–H groups in total. The van der Waals surface area contributed by atoms with Crippen LogP contribution in [0.15, 0.2) is 45.8 Å². The molecule has 3 heteroatoms. The molecule has 1 aliphatic rings. The summed E-state index contributed by atoms with van der Waals surface area (Å²) in [5.41, 5.74) is 1.20. The van der Waals surface area contributed by atoms with Gasteiger partial charge in [0, 0.05) is 22.9 Å². The van der Waals surface area contributed by atoms with Crippen molar-refractivity contribution in [2.75, 3.05) is 0 Å². The molecule has 1 nitrogen and oxygen atoms in total. The Labute approximate surface area is 82.0 Å². The summed E-state index contributed by atoms with van der Waals surface area (Å²) < 4.78 is 0. The van der Waals surface area contributed by atoms with Crippen molar-refractivity contribution in [2.24, 2.45) is 4.99 Å². The molecule has 12 heavy (non-hydrogen) atoms. The first-order valence-corrected chi connectivity index (χ1v) is 4.29. The summed E-state index contributed by atoms with van der Waals surface area (Å²) in [6, 6.07) is 8.23. The van der Waals surface area contributed by atoms with E-state index < -0.39 is 0 Å². The quantitative estimate of drug-likeness (QED) is 0.623. The van der Waals surface area contributed by atoms with Gasteiger partial charge < -0.3 is 0 Å². The largest absolute Gasteiger partial charge is 0.264 e. The summed E-state index contributed by atoms with van der Waals surface area (Å²) in [5.74, 6) is 0. The van der Waals surface area contributed by atoms with Crippen molar-refractivity contribution in [3.63, 3.8) is 0 Å². The Hall–Kier alpha value is -0.730. The lowest BCUT2D eigenvalue weighted by Crippen LogP contribution is -1.81. The van der Waals surface area contributed by atoms with Crippen LogP contribution in [0.25, 0.3) is 0 Å². The minimum Gasteiger partial charge on any atom is -0.264 e. The summed E-state index contributed by atoms with van der Waals surface area (Å²) in [6.45, 7) is 0. The van der Waals surface area contributed by atoms with Gasteiger partial charge in [-0.3, -0.25) is 4.99 Å². The van der Waals surface area contributed by atoms with E-state index in [-0.39, 0.29) is 12.4 Å². The minimum absolute atomic E-state index is 0. The van der Waals surface area contributed by atoms with Gasteiger partial charge >= 0.3 is 0 Å². The van der Waals surface area contributed by atoms with Crippen LogP contribution in [0.1, 0.15) is 5.56 Å². The Morgan fingerprint density at radius 2 is 2.00 bits per heavy atom. The standard InChI is InChI=1S/C9H7NS.ClH/c1-2-4-9-8(3-1)7-10-5-6-11-9;/h1-7H;1H. The predicted molar refractivity (Wildman–Crippen MR) is 56.3 cm³/mol. The molecule has 1 aliphatic heterocycles. The smallest absolute Gasteiger partial charge is 0.0351 e. The Morgan fingerprint density at radius 1 is 1.17 bits per heavy atom. The fourth-order valence-corrected chi connectivity index (χ4v) is 1.65. The second-order valence-corrected chi connectivity index (χ2v) is 3.17. The van der Waals surface area contributed by atoms with Crippen LogP contribution >= 0.6 is 24.2 Å². The molecular formula is C9H8ClNS. The predicted octanol–water partition coefficient (Wildman–Crippen LogP) is 3.10. The summed E-state index contributed by atoms with van der Waals surface area (Å²) in [6.07, 6.45) is 3.69. The number of benzene rings is 1. The zero-order valence-corrected chi connectivity index (χ0v) is 7.94. The molecule has 1 heterocycles. The number of aliphatic imine (C=N–C) groups is 1. The summed E-state index contributed by atoms with van der Waals surface area (Å²) in [5, 5.41) is 1.99. The van der Waals surface area contributed by atoms with Crippen molar-refractivity contribution in [3.8, 4) is 0 Å². The molecule has 62 valence electrons. The molecule has 0 unspecified atom stereocenters. The van der Waals surface area contributed by atoms with Crippen LogP contribution in [0.2, 0.25) is 0 Å². The highest BCUT2D eigenvalue weighted by Crippen LogP contribution is 2.23. The molecule has 0 saturated carbocycles. The average Bonchev–Trinajstić information content (AvgIpc) is 2.28. The Kier molecular flexibility index (Phi) is 3.38. The number of halogens is 1. The summed E-state index contributed by atoms with van der Waals surface area (Å²) >= 11 is 1.70. The van der Waals surface area contributed by atoms with Gasteiger partial charge in [-0.2, -0.15) is 0 Å². The molecule has 0 aliphatic carbocycles. The number of fused-ring (bicyclic) bond motifs is 1. The fraction of sp³-hybridized carbons (Fsp3) is 0. The van der Waals surface area contributed by atoms with Crippen LogP contribution in [0.5, 0.6) is 0 Å². The van der Waals surface area contributed by atoms with Crippen molar-refractivity contribution in [1.82, 2.24) is 0 Å². The van der Waals surface area contributed by atoms with Gasteiger partial charge in [0.2, 0.25) is 0 Å². The van der Waals surface area contributed by atoms with E-state index in [0.717, 1.165) is 0 Å². The van der Waals surface area contributed by atoms with Gasteiger partial charge in [0.25, 0.3) is 0 Å². The number of thioether (sulfide) groups is 1. The van der Waals surface area contributed by atoms with Gasteiger partial charge in [-0.1, -0.05) is 30.0 Å². The highest BCUT2D eigenvalue weighted by molar-refractivity contribution is 8.02. The zero-order valence-electron chi connectivity index (χ0n) is 6.31. The first kappa shape index (κ1) is 9.36. The Bertz CT molecular complexity index is 320. The maximum absolute atomic E-state index is 4.09. The second kappa shape index (κ2) is 4.33. The van der Waals surface area contributed by atoms with Crippen LogP contribution in [-0.4, -0.2) is 6.21 Å². The number of nitrogens with zero attached hydrogens (tertiary/aromatic N) is 1. The molecule has 0 bridgehead atoms. The highest BCUT2D eigenvalue weighted by Gasteiger charge is 1.98. The Morgan fingerprint density at radius 3 is 2.92 bits per heavy atom. The third-order valence-electron chi connectivity index (χ3n) is 1.47. The van der Waals surface area contributed by atoms with E-state index in [0.29, 0.717) is 0 Å². The summed E-state index contributed by atoms with van der Waals surface area (Å²) in [4.78, 5) is 5.35. The third-order valence-corrected chi connectivity index (χ3v) is 2.36. The molecule has 1 aromatic rings. The molecule has 0 radical (unpaired) electrons. The summed E-state index contributed by atoms with van der Waals surface area (Å²) in [7, 11) is 0. The van der Waals surface area contributed by atoms with Crippen LogP contribution in [0.4, 0.5) is 0 Å². The van der Waals surface area contributed by atoms with Crippen molar-refractivity contribution in [1.29, 1.82) is 0 Å². The first-order chi connectivity index (χ1) is 5.47. The lowest BCUT2D eigenvalue weighted by atomic mass is 10.2. The SMILES string of the molecule is C1=CSc2ccccc2C=N1.Cl. The molecule has 0 aromatic heterocycles. The molecular weight excluding hydrogens is 190 g/mol. The van der Waals surface area contributed by atoms with Crippen molar-refractivity contribution in [3.05, 3.63) is 41.4 Å². The molecule has 2 rings (SSSR count). The topological polar surface area (TPSA) is 12.4 Å². The van der Waals surface area contributed by atoms with Crippen LogP contribution in [0.3, 0.4) is 0 Å². The minimum atomic E-state index is 0. The fourth-order valence-electron chi connectivity index (χ4n) is 0.957. The number of hydrogen-bond acceptors (Lipinski definition) is 2. The first-order valence-electron chi connectivity index (χ1n) is 3.41. The van der Waals surface area contributed by atoms with E-state index in [1.54, 1.807) is 11.8 Å². The van der Waals surface area contributed by atoms with Crippen molar-refractivity contribution < 1.29 is 0 Å². The molecule has 0 spiro atoms. The van der Waals surface area contributed by atoms with Gasteiger partial charge in [0.1, 0.15) is 0 Å². The zero-order chi connectivity index (χ0) is 7.52. The monoisotopic (exact) mass is 197 g/mol. The Balaban J connectivity index is 0.000000720. The molecule has 0 fully saturated rings. The molecule has 0 amide bonds. The van der Waals surface area contributed by atoms with Gasteiger partial charge in [-0.15, -0.1) is 12.4 Å². The van der Waals surface area contributed by atoms with Crippen molar-refractivity contribution in [2.45, 2.75) is 4.90 Å². The van der Waals surface area contributed by atoms with Crippen LogP contribution < -0.4 is 0 Å². The molecule has 1 aromatic carbocycles. The maximum Gasteiger partial charge on any atom is 0.0351 e. The lowest BCUT2D eigenvalue weighted by molar-refractivity contribution is 1.44. The van der Waals surface area contributed by atoms with E-state index in [1.807, 2.05) is 30.0 Å². The maximum atomic E-state index is 4.09. The van der Waals surface area contributed by atoms with E-state index in [4.69, 9.17) is 0 Å². The van der Waals surface area contributed by atoms with Crippen molar-refractivity contribution >= 4 is 30.4 Å². The molecule has 0 saturated heterocycles. The van der Waals surface area contributed by atoms with Crippen LogP contribution in [0, 0.1) is 0 Å². The van der Waals surface area contributed by atoms with Gasteiger partial charge in [0.15, 0.2) is 0 Å². The van der Waals surface area contributed by atoms with E-state index >= 15 is 0 Å². The van der Waals surface area contributed by atoms with Gasteiger partial charge in [-0.25, -0.2) is 0 Å². The number of hydrogen-bond donors (Lipinski definition) is 0. The lowest BCUT2D eigenvalue weighted by Gasteiger charge is -1.97. The third kappa shape index (κ3) is 1.90. The van der Waals surface area contributed by atoms with E-state index in [2.05, 4.69) is 17.1 Å². The highest BCUT2D eigenvalue weighted by atomic mass is 35.5. The second-order valence-electron chi connectivity index (χ2n) is 2.22.